The molecule has 0 saturated heterocycles. The Morgan fingerprint density at radius 3 is 1.77 bits per heavy atom. The lowest BCUT2D eigenvalue weighted by Crippen LogP contribution is -2.26. The Morgan fingerprint density at radius 2 is 1.26 bits per heavy atom. The van der Waals surface area contributed by atoms with Gasteiger partial charge in [0.15, 0.2) is 17.5 Å². The second-order valence-electron chi connectivity index (χ2n) is 10.6. The first-order chi connectivity index (χ1) is 18.6. The molecule has 0 atom stereocenters. The maximum atomic E-state index is 14.8. The minimum atomic E-state index is -4.59. The van der Waals surface area contributed by atoms with Gasteiger partial charge in [0.1, 0.15) is 22.9 Å². The molecule has 0 aromatic heterocycles. The van der Waals surface area contributed by atoms with E-state index >= 15 is 0 Å². The molecule has 39 heavy (non-hydrogen) atoms. The molecule has 9 heteroatoms. The van der Waals surface area contributed by atoms with Crippen LogP contribution in [0.1, 0.15) is 75.3 Å². The van der Waals surface area contributed by atoms with Gasteiger partial charge in [-0.3, -0.25) is 0 Å². The van der Waals surface area contributed by atoms with Crippen LogP contribution < -0.4 is 4.74 Å². The summed E-state index contributed by atoms with van der Waals surface area (Å²) in [5, 5.41) is 0. The molecule has 2 fully saturated rings. The third kappa shape index (κ3) is 7.35. The molecule has 2 aromatic carbocycles. The molecule has 0 bridgehead atoms. The van der Waals surface area contributed by atoms with Gasteiger partial charge in [-0.05, 0) is 99.7 Å². The average molecular weight is 559 g/mol. The van der Waals surface area contributed by atoms with Gasteiger partial charge in [0, 0.05) is 25.3 Å². The smallest absolute Gasteiger partial charge is 0.429 e. The Kier molecular flexibility index (Phi) is 9.62. The first-order valence-electron chi connectivity index (χ1n) is 13.5. The molecule has 0 amide bonds. The Bertz CT molecular complexity index is 1100. The van der Waals surface area contributed by atoms with Crippen LogP contribution >= 0.6 is 0 Å². The topological polar surface area (TPSA) is 18.5 Å². The molecule has 0 radical (unpaired) electrons. The van der Waals surface area contributed by atoms with Crippen molar-refractivity contribution >= 4 is 0 Å². The number of ether oxygens (including phenoxy) is 2. The number of alkyl halides is 2. The van der Waals surface area contributed by atoms with Gasteiger partial charge in [-0.25, -0.2) is 22.0 Å². The zero-order valence-electron chi connectivity index (χ0n) is 21.8. The lowest BCUT2D eigenvalue weighted by Gasteiger charge is -2.29. The highest BCUT2D eigenvalue weighted by Crippen LogP contribution is 2.41. The summed E-state index contributed by atoms with van der Waals surface area (Å²) in [6, 6.07) is 2.08. The van der Waals surface area contributed by atoms with Crippen LogP contribution in [0.5, 0.6) is 5.75 Å². The molecule has 0 aliphatic heterocycles. The molecule has 214 valence electrons. The van der Waals surface area contributed by atoms with Crippen LogP contribution in [-0.4, -0.2) is 13.2 Å². The van der Waals surface area contributed by atoms with Gasteiger partial charge in [-0.2, -0.15) is 8.78 Å². The van der Waals surface area contributed by atoms with Crippen molar-refractivity contribution in [3.05, 3.63) is 76.6 Å². The van der Waals surface area contributed by atoms with E-state index in [4.69, 9.17) is 4.74 Å². The number of hydrogen-bond acceptors (Lipinski definition) is 2. The van der Waals surface area contributed by atoms with Crippen LogP contribution in [0.3, 0.4) is 0 Å². The monoisotopic (exact) mass is 558 g/mol. The lowest BCUT2D eigenvalue weighted by molar-refractivity contribution is -0.189. The van der Waals surface area contributed by atoms with Gasteiger partial charge >= 0.3 is 6.11 Å². The maximum absolute atomic E-state index is 14.8. The number of halogens is 7. The summed E-state index contributed by atoms with van der Waals surface area (Å²) < 4.78 is 108. The Balaban J connectivity index is 1.34. The summed E-state index contributed by atoms with van der Waals surface area (Å²) in [4.78, 5) is 0. The molecule has 2 aliphatic rings. The van der Waals surface area contributed by atoms with Crippen LogP contribution in [-0.2, 0) is 10.8 Å². The summed E-state index contributed by atoms with van der Waals surface area (Å²) in [6.45, 7) is 3.58. The Morgan fingerprint density at radius 1 is 0.744 bits per heavy atom. The number of allylic oxidation sites excluding steroid dienone is 2. The molecular weight excluding hydrogens is 525 g/mol. The van der Waals surface area contributed by atoms with Crippen molar-refractivity contribution in [2.45, 2.75) is 70.3 Å². The number of hydrogen-bond donors (Lipinski definition) is 0. The number of rotatable bonds is 9. The maximum Gasteiger partial charge on any atom is 0.432 e. The van der Waals surface area contributed by atoms with Crippen molar-refractivity contribution in [2.24, 2.45) is 17.8 Å². The minimum absolute atomic E-state index is 0.178. The van der Waals surface area contributed by atoms with Crippen molar-refractivity contribution in [1.82, 2.24) is 0 Å². The third-order valence-corrected chi connectivity index (χ3v) is 7.91. The lowest BCUT2D eigenvalue weighted by atomic mass is 9.77. The normalized spacial score (nSPS) is 24.3. The average Bonchev–Trinajstić information content (AvgIpc) is 2.89. The Hall–Kier alpha value is -2.55. The minimum Gasteiger partial charge on any atom is -0.429 e. The van der Waals surface area contributed by atoms with E-state index in [2.05, 4.69) is 16.9 Å². The fourth-order valence-corrected chi connectivity index (χ4v) is 5.69. The summed E-state index contributed by atoms with van der Waals surface area (Å²) in [7, 11) is 0. The van der Waals surface area contributed by atoms with Gasteiger partial charge in [-0.15, -0.1) is 0 Å². The third-order valence-electron chi connectivity index (χ3n) is 7.91. The predicted molar refractivity (Wildman–Crippen MR) is 133 cm³/mol. The van der Waals surface area contributed by atoms with Gasteiger partial charge in [0.05, 0.1) is 0 Å². The van der Waals surface area contributed by atoms with Crippen LogP contribution in [0.25, 0.3) is 0 Å². The fourth-order valence-electron chi connectivity index (χ4n) is 5.69. The molecule has 2 saturated carbocycles. The first kappa shape index (κ1) is 29.4. The molecule has 2 nitrogen and oxygen atoms in total. The van der Waals surface area contributed by atoms with E-state index in [1.54, 1.807) is 0 Å². The molecule has 0 N–H and O–H groups in total. The Labute approximate surface area is 224 Å². The van der Waals surface area contributed by atoms with Crippen LogP contribution in [0.15, 0.2) is 36.4 Å². The van der Waals surface area contributed by atoms with Crippen molar-refractivity contribution in [1.29, 1.82) is 0 Å². The van der Waals surface area contributed by atoms with E-state index in [-0.39, 0.29) is 23.6 Å². The van der Waals surface area contributed by atoms with E-state index in [1.807, 2.05) is 6.92 Å². The predicted octanol–water partition coefficient (Wildman–Crippen LogP) is 9.18. The highest BCUT2D eigenvalue weighted by molar-refractivity contribution is 5.33. The quantitative estimate of drug-likeness (QED) is 0.174. The van der Waals surface area contributed by atoms with Crippen LogP contribution in [0, 0.1) is 46.8 Å². The molecule has 0 unspecified atom stereocenters. The SMILES string of the molecule is CCOCC1CCC(/C=C/C2CCC(c3cc(F)c(C(F)(F)Oc4cc(F)c(F)c(F)c4)c(F)c3)CC2)CC1. The zero-order valence-corrected chi connectivity index (χ0v) is 21.8. The largest absolute Gasteiger partial charge is 0.432 e. The van der Waals surface area contributed by atoms with Crippen molar-refractivity contribution in [3.63, 3.8) is 0 Å². The van der Waals surface area contributed by atoms with E-state index in [0.29, 0.717) is 30.6 Å². The second-order valence-corrected chi connectivity index (χ2v) is 10.6. The molecule has 0 spiro atoms. The van der Waals surface area contributed by atoms with E-state index in [1.165, 1.54) is 0 Å². The molecule has 2 aromatic rings. The fraction of sp³-hybridized carbons (Fsp3) is 0.533. The highest BCUT2D eigenvalue weighted by atomic mass is 19.3. The van der Waals surface area contributed by atoms with Crippen molar-refractivity contribution in [2.75, 3.05) is 13.2 Å². The number of benzene rings is 2. The highest BCUT2D eigenvalue weighted by Gasteiger charge is 2.42. The molecule has 4 rings (SSSR count). The van der Waals surface area contributed by atoms with Crippen LogP contribution in [0.4, 0.5) is 30.7 Å². The van der Waals surface area contributed by atoms with Gasteiger partial charge in [0.25, 0.3) is 0 Å². The molecular formula is C30H33F7O2. The van der Waals surface area contributed by atoms with E-state index in [9.17, 15) is 30.7 Å². The van der Waals surface area contributed by atoms with Gasteiger partial charge < -0.3 is 9.47 Å². The standard InChI is InChI=1S/C30H33F7O2/c1-2-38-17-20-7-5-18(6-8-20)3-4-19-9-11-21(12-10-19)22-13-24(31)28(25(32)14-22)30(36,37)39-23-15-26(33)29(35)27(34)16-23/h3-4,13-16,18-21H,2,5-12,17H2,1H3/b4-3+. The summed E-state index contributed by atoms with van der Waals surface area (Å²) in [6.07, 6.45) is 7.57. The summed E-state index contributed by atoms with van der Waals surface area (Å²) in [5.74, 6) is -8.20. The van der Waals surface area contributed by atoms with Gasteiger partial charge in [-0.1, -0.05) is 12.2 Å². The second kappa shape index (κ2) is 12.7. The molecule has 0 heterocycles. The van der Waals surface area contributed by atoms with Gasteiger partial charge in [0.2, 0.25) is 0 Å². The summed E-state index contributed by atoms with van der Waals surface area (Å²) in [5.41, 5.74) is -1.40. The first-order valence-corrected chi connectivity index (χ1v) is 13.5. The van der Waals surface area contributed by atoms with E-state index < -0.39 is 46.5 Å². The zero-order chi connectivity index (χ0) is 28.2. The van der Waals surface area contributed by atoms with Crippen molar-refractivity contribution < 1.29 is 40.2 Å². The van der Waals surface area contributed by atoms with Crippen molar-refractivity contribution in [3.8, 4) is 5.75 Å². The molecule has 2 aliphatic carbocycles. The van der Waals surface area contributed by atoms with E-state index in [0.717, 1.165) is 63.9 Å². The van der Waals surface area contributed by atoms with Crippen LogP contribution in [0.2, 0.25) is 0 Å². The summed E-state index contributed by atoms with van der Waals surface area (Å²) >= 11 is 0.